The first-order valence-corrected chi connectivity index (χ1v) is 8.47. The summed E-state index contributed by atoms with van der Waals surface area (Å²) < 4.78 is 43.0. The highest BCUT2D eigenvalue weighted by Crippen LogP contribution is 2.32. The number of rotatable bonds is 3. The summed E-state index contributed by atoms with van der Waals surface area (Å²) in [5.74, 6) is 0.0408. The van der Waals surface area contributed by atoms with Gasteiger partial charge in [0.25, 0.3) is 5.91 Å². The first-order valence-electron chi connectivity index (χ1n) is 7.68. The van der Waals surface area contributed by atoms with E-state index in [9.17, 15) is 18.0 Å². The zero-order chi connectivity index (χ0) is 19.9. The van der Waals surface area contributed by atoms with Gasteiger partial charge >= 0.3 is 6.18 Å². The van der Waals surface area contributed by atoms with Crippen molar-refractivity contribution >= 4 is 39.6 Å². The van der Waals surface area contributed by atoms with Crippen LogP contribution in [0.3, 0.4) is 0 Å². The molecular formula is C16H14BrF3N6O. The molecule has 3 rings (SSSR count). The van der Waals surface area contributed by atoms with Crippen LogP contribution < -0.4 is 5.32 Å². The molecule has 1 amide bonds. The van der Waals surface area contributed by atoms with Crippen LogP contribution >= 0.6 is 15.9 Å². The minimum Gasteiger partial charge on any atom is -0.355 e. The number of amides is 1. The molecule has 142 valence electrons. The van der Waals surface area contributed by atoms with Gasteiger partial charge in [0.2, 0.25) is 0 Å². The second kappa shape index (κ2) is 6.80. The van der Waals surface area contributed by atoms with Crippen LogP contribution in [-0.4, -0.2) is 37.1 Å². The number of nitrogens with zero attached hydrogens (tertiary/aromatic N) is 5. The summed E-state index contributed by atoms with van der Waals surface area (Å²) in [6, 6.07) is 1.38. The summed E-state index contributed by atoms with van der Waals surface area (Å²) in [4.78, 5) is 20.0. The van der Waals surface area contributed by atoms with Crippen LogP contribution in [0.4, 0.5) is 13.2 Å². The average molecular weight is 443 g/mol. The summed E-state index contributed by atoms with van der Waals surface area (Å²) in [6.07, 6.45) is 0.311. The second-order valence-corrected chi connectivity index (χ2v) is 6.52. The first kappa shape index (κ1) is 19.1. The summed E-state index contributed by atoms with van der Waals surface area (Å²) in [5, 5.41) is 6.58. The molecule has 1 N–H and O–H groups in total. The molecule has 0 spiro atoms. The van der Waals surface area contributed by atoms with Crippen LogP contribution in [0.15, 0.2) is 16.9 Å². The Morgan fingerprint density at radius 2 is 2.00 bits per heavy atom. The van der Waals surface area contributed by atoms with E-state index < -0.39 is 17.8 Å². The fourth-order valence-corrected chi connectivity index (χ4v) is 3.05. The van der Waals surface area contributed by atoms with Crippen LogP contribution in [-0.2, 0) is 13.2 Å². The largest absolute Gasteiger partial charge is 0.435 e. The minimum atomic E-state index is -4.65. The Hall–Kier alpha value is -2.69. The van der Waals surface area contributed by atoms with E-state index in [0.717, 1.165) is 4.52 Å². The zero-order valence-corrected chi connectivity index (χ0v) is 16.1. The van der Waals surface area contributed by atoms with Gasteiger partial charge in [-0.15, -0.1) is 0 Å². The van der Waals surface area contributed by atoms with Gasteiger partial charge in [0.1, 0.15) is 10.4 Å². The van der Waals surface area contributed by atoms with Gasteiger partial charge in [-0.3, -0.25) is 4.79 Å². The van der Waals surface area contributed by atoms with E-state index in [1.165, 1.54) is 20.0 Å². The number of hydrogen-bond donors (Lipinski definition) is 1. The van der Waals surface area contributed by atoms with E-state index in [4.69, 9.17) is 0 Å². The van der Waals surface area contributed by atoms with Crippen LogP contribution in [0.5, 0.6) is 0 Å². The monoisotopic (exact) mass is 442 g/mol. The fraction of sp³-hybridized carbons (Fsp3) is 0.250. The van der Waals surface area contributed by atoms with Gasteiger partial charge < -0.3 is 9.88 Å². The Bertz CT molecular complexity index is 1070. The number of fused-ring (bicyclic) bond motifs is 1. The van der Waals surface area contributed by atoms with E-state index in [1.807, 2.05) is 0 Å². The molecule has 0 unspecified atom stereocenters. The molecule has 3 aromatic rings. The molecular weight excluding hydrogens is 429 g/mol. The molecule has 0 aliphatic rings. The molecule has 0 aliphatic heterocycles. The molecule has 27 heavy (non-hydrogen) atoms. The number of hydrogen-bond acceptors (Lipinski definition) is 4. The molecule has 0 bridgehead atoms. The van der Waals surface area contributed by atoms with Crippen molar-refractivity contribution in [2.75, 3.05) is 7.05 Å². The van der Waals surface area contributed by atoms with E-state index in [-0.39, 0.29) is 22.6 Å². The lowest BCUT2D eigenvalue weighted by Crippen LogP contribution is -2.19. The molecule has 0 aliphatic carbocycles. The molecule has 0 saturated carbocycles. The van der Waals surface area contributed by atoms with Gasteiger partial charge in [-0.25, -0.2) is 14.5 Å². The van der Waals surface area contributed by atoms with Crippen molar-refractivity contribution in [2.45, 2.75) is 13.1 Å². The number of imidazole rings is 2. The average Bonchev–Trinajstić information content (AvgIpc) is 3.10. The maximum Gasteiger partial charge on any atom is 0.435 e. The third-order valence-corrected chi connectivity index (χ3v) is 4.24. The standard InChI is InChI=1S/C16H14BrF3N6O/c1-8-13(16(18,19)20)23-14-10(15(27)21-2)6-9(24-26(8)14)4-5-12-22-11(17)7-25(12)3/h4-7H,1-3H3,(H,21,27). The van der Waals surface area contributed by atoms with Gasteiger partial charge in [0.15, 0.2) is 11.3 Å². The van der Waals surface area contributed by atoms with Crippen molar-refractivity contribution in [1.82, 2.24) is 29.5 Å². The van der Waals surface area contributed by atoms with Crippen molar-refractivity contribution in [1.29, 1.82) is 0 Å². The fourth-order valence-electron chi connectivity index (χ4n) is 2.56. The second-order valence-electron chi connectivity index (χ2n) is 5.71. The molecule has 0 radical (unpaired) electrons. The van der Waals surface area contributed by atoms with Gasteiger partial charge in [-0.05, 0) is 41.1 Å². The van der Waals surface area contributed by atoms with Crippen LogP contribution in [0.25, 0.3) is 17.8 Å². The van der Waals surface area contributed by atoms with Crippen molar-refractivity contribution in [3.8, 4) is 0 Å². The van der Waals surface area contributed by atoms with E-state index in [0.29, 0.717) is 10.4 Å². The summed E-state index contributed by atoms with van der Waals surface area (Å²) in [5.41, 5.74) is -1.15. The van der Waals surface area contributed by atoms with Gasteiger partial charge in [0.05, 0.1) is 17.0 Å². The predicted octanol–water partition coefficient (Wildman–Crippen LogP) is 3.08. The number of carbonyl (C=O) groups is 1. The molecule has 7 nitrogen and oxygen atoms in total. The third-order valence-electron chi connectivity index (χ3n) is 3.85. The highest BCUT2D eigenvalue weighted by atomic mass is 79.9. The summed E-state index contributed by atoms with van der Waals surface area (Å²) >= 11 is 3.26. The number of aromatic nitrogens is 5. The van der Waals surface area contributed by atoms with Gasteiger partial charge in [-0.1, -0.05) is 0 Å². The van der Waals surface area contributed by atoms with E-state index >= 15 is 0 Å². The van der Waals surface area contributed by atoms with Gasteiger partial charge in [-0.2, -0.15) is 18.3 Å². The Morgan fingerprint density at radius 3 is 2.56 bits per heavy atom. The summed E-state index contributed by atoms with van der Waals surface area (Å²) in [7, 11) is 3.18. The maximum atomic E-state index is 13.2. The first-order chi connectivity index (χ1) is 12.6. The number of aryl methyl sites for hydroxylation is 2. The Morgan fingerprint density at radius 1 is 1.30 bits per heavy atom. The van der Waals surface area contributed by atoms with Gasteiger partial charge in [0, 0.05) is 20.3 Å². The molecule has 3 aromatic heterocycles. The lowest BCUT2D eigenvalue weighted by atomic mass is 10.2. The van der Waals surface area contributed by atoms with E-state index in [2.05, 4.69) is 36.3 Å². The lowest BCUT2D eigenvalue weighted by Gasteiger charge is -2.05. The van der Waals surface area contributed by atoms with Crippen LogP contribution in [0.2, 0.25) is 0 Å². The predicted molar refractivity (Wildman–Crippen MR) is 96.0 cm³/mol. The number of halogens is 4. The number of carbonyl (C=O) groups excluding carboxylic acids is 1. The van der Waals surface area contributed by atoms with E-state index in [1.54, 1.807) is 30.0 Å². The maximum absolute atomic E-state index is 13.2. The number of alkyl halides is 3. The molecule has 0 atom stereocenters. The normalized spacial score (nSPS) is 12.3. The Balaban J connectivity index is 2.18. The van der Waals surface area contributed by atoms with Crippen molar-refractivity contribution in [3.63, 3.8) is 0 Å². The summed E-state index contributed by atoms with van der Waals surface area (Å²) in [6.45, 7) is 1.26. The Kier molecular flexibility index (Phi) is 4.81. The smallest absolute Gasteiger partial charge is 0.355 e. The molecule has 0 saturated heterocycles. The van der Waals surface area contributed by atoms with Crippen molar-refractivity contribution in [3.05, 3.63) is 45.3 Å². The molecule has 11 heteroatoms. The zero-order valence-electron chi connectivity index (χ0n) is 14.5. The minimum absolute atomic E-state index is 0.00762. The number of nitrogens with one attached hydrogen (secondary N) is 1. The SMILES string of the molecule is CNC(=O)c1cc(C=Cc2nc(Br)cn2C)nn2c(C)c(C(F)(F)F)nc12. The topological polar surface area (TPSA) is 77.1 Å². The highest BCUT2D eigenvalue weighted by Gasteiger charge is 2.37. The molecule has 0 fully saturated rings. The molecule has 0 aromatic carbocycles. The lowest BCUT2D eigenvalue weighted by molar-refractivity contribution is -0.141. The van der Waals surface area contributed by atoms with Crippen LogP contribution in [0, 0.1) is 6.92 Å². The van der Waals surface area contributed by atoms with Crippen molar-refractivity contribution in [2.24, 2.45) is 7.05 Å². The highest BCUT2D eigenvalue weighted by molar-refractivity contribution is 9.10. The van der Waals surface area contributed by atoms with Crippen LogP contribution in [0.1, 0.15) is 33.3 Å². The third kappa shape index (κ3) is 3.59. The molecule has 3 heterocycles. The quantitative estimate of drug-likeness (QED) is 0.675. The van der Waals surface area contributed by atoms with Crippen molar-refractivity contribution < 1.29 is 18.0 Å². The Labute approximate surface area is 160 Å².